The monoisotopic (exact) mass is 491 g/mol. The highest BCUT2D eigenvalue weighted by atomic mass is 127. The molecule has 3 rings (SSSR count). The van der Waals surface area contributed by atoms with Crippen LogP contribution in [0.25, 0.3) is 6.08 Å². The Balaban J connectivity index is 1.93. The van der Waals surface area contributed by atoms with Gasteiger partial charge in [-0.25, -0.2) is 5.01 Å². The summed E-state index contributed by atoms with van der Waals surface area (Å²) in [5, 5.41) is 1.26. The first-order chi connectivity index (χ1) is 13.5. The van der Waals surface area contributed by atoms with Gasteiger partial charge in [-0.2, -0.15) is 0 Å². The molecule has 0 saturated carbocycles. The lowest BCUT2D eigenvalue weighted by Crippen LogP contribution is -2.35. The third-order valence-electron chi connectivity index (χ3n) is 4.62. The average molecular weight is 491 g/mol. The lowest BCUT2D eigenvalue weighted by atomic mass is 10.1. The van der Waals surface area contributed by atoms with E-state index < -0.39 is 5.91 Å². The molecule has 1 N–H and O–H groups in total. The van der Waals surface area contributed by atoms with Crippen LogP contribution >= 0.6 is 22.6 Å². The van der Waals surface area contributed by atoms with Crippen molar-refractivity contribution in [1.82, 2.24) is 5.43 Å². The molecule has 1 aliphatic heterocycles. The van der Waals surface area contributed by atoms with E-state index in [4.69, 9.17) is 4.74 Å². The quantitative estimate of drug-likeness (QED) is 0.381. The van der Waals surface area contributed by atoms with Gasteiger partial charge in [0.1, 0.15) is 11.3 Å². The summed E-state index contributed by atoms with van der Waals surface area (Å²) in [6, 6.07) is 13.1. The second kappa shape index (κ2) is 8.64. The number of hydrazine groups is 1. The third kappa shape index (κ3) is 3.99. The van der Waals surface area contributed by atoms with E-state index in [-0.39, 0.29) is 11.5 Å². The molecular formula is C21H22IN3O3. The lowest BCUT2D eigenvalue weighted by Gasteiger charge is -2.22. The minimum absolute atomic E-state index is 0.0763. The topological polar surface area (TPSA) is 61.9 Å². The van der Waals surface area contributed by atoms with Crippen LogP contribution in [-0.2, 0) is 9.59 Å². The van der Waals surface area contributed by atoms with Gasteiger partial charge in [-0.15, -0.1) is 0 Å². The highest BCUT2D eigenvalue weighted by Gasteiger charge is 2.34. The summed E-state index contributed by atoms with van der Waals surface area (Å²) in [6.45, 7) is 5.94. The molecule has 1 saturated heterocycles. The van der Waals surface area contributed by atoms with E-state index in [2.05, 4.69) is 46.8 Å². The summed E-state index contributed by atoms with van der Waals surface area (Å²) in [4.78, 5) is 27.4. The molecule has 1 heterocycles. The predicted octanol–water partition coefficient (Wildman–Crippen LogP) is 3.61. The summed E-state index contributed by atoms with van der Waals surface area (Å²) in [5.41, 5.74) is 5.03. The van der Waals surface area contributed by atoms with Gasteiger partial charge in [0.05, 0.1) is 12.8 Å². The molecule has 28 heavy (non-hydrogen) atoms. The van der Waals surface area contributed by atoms with Gasteiger partial charge in [0.15, 0.2) is 0 Å². The van der Waals surface area contributed by atoms with E-state index >= 15 is 0 Å². The van der Waals surface area contributed by atoms with Crippen LogP contribution in [0.1, 0.15) is 19.4 Å². The van der Waals surface area contributed by atoms with Crippen molar-refractivity contribution < 1.29 is 14.3 Å². The van der Waals surface area contributed by atoms with Gasteiger partial charge in [-0.1, -0.05) is 0 Å². The van der Waals surface area contributed by atoms with Gasteiger partial charge in [-0.05, 0) is 78.9 Å². The number of nitrogens with zero attached hydrogens (tertiary/aromatic N) is 2. The molecule has 146 valence electrons. The summed E-state index contributed by atoms with van der Waals surface area (Å²) < 4.78 is 6.55. The van der Waals surface area contributed by atoms with Crippen molar-refractivity contribution in [3.05, 3.63) is 57.2 Å². The molecule has 2 amide bonds. The van der Waals surface area contributed by atoms with Gasteiger partial charge in [0.25, 0.3) is 11.8 Å². The molecule has 0 bridgehead atoms. The van der Waals surface area contributed by atoms with Gasteiger partial charge < -0.3 is 9.64 Å². The van der Waals surface area contributed by atoms with Crippen molar-refractivity contribution in [2.24, 2.45) is 0 Å². The number of benzene rings is 2. The number of amides is 2. The Morgan fingerprint density at radius 3 is 2.39 bits per heavy atom. The Morgan fingerprint density at radius 2 is 1.79 bits per heavy atom. The number of carbonyl (C=O) groups excluding carboxylic acids is 2. The molecule has 1 aliphatic rings. The lowest BCUT2D eigenvalue weighted by molar-refractivity contribution is -0.117. The first-order valence-corrected chi connectivity index (χ1v) is 10.1. The molecule has 7 heteroatoms. The van der Waals surface area contributed by atoms with Gasteiger partial charge >= 0.3 is 0 Å². The average Bonchev–Trinajstić information content (AvgIpc) is 2.98. The molecule has 0 unspecified atom stereocenters. The molecule has 0 aliphatic carbocycles. The predicted molar refractivity (Wildman–Crippen MR) is 119 cm³/mol. The maximum absolute atomic E-state index is 12.8. The fourth-order valence-electron chi connectivity index (χ4n) is 3.09. The van der Waals surface area contributed by atoms with Crippen LogP contribution in [0.5, 0.6) is 5.75 Å². The smallest absolute Gasteiger partial charge is 0.282 e. The van der Waals surface area contributed by atoms with E-state index in [0.29, 0.717) is 17.0 Å². The van der Waals surface area contributed by atoms with Crippen molar-refractivity contribution in [2.45, 2.75) is 13.8 Å². The Bertz CT molecular complexity index is 921. The summed E-state index contributed by atoms with van der Waals surface area (Å²) in [5.74, 6) is -0.204. The molecular weight excluding hydrogens is 469 g/mol. The van der Waals surface area contributed by atoms with E-state index in [0.717, 1.165) is 22.3 Å². The number of hydrogen-bond acceptors (Lipinski definition) is 4. The van der Waals surface area contributed by atoms with Crippen LogP contribution in [0.2, 0.25) is 0 Å². The molecule has 2 aromatic rings. The SMILES string of the molecule is CCN(CC)c1ccc(/C=C2/C(=O)NN(c3ccc(I)cc3)C2=O)c(OC)c1. The molecule has 0 atom stereocenters. The van der Waals surface area contributed by atoms with Crippen LogP contribution in [-0.4, -0.2) is 32.0 Å². The Kier molecular flexibility index (Phi) is 6.23. The standard InChI is InChI=1S/C21H22IN3O3/c1-4-24(5-2)17-9-6-14(19(13-17)28-3)12-18-20(26)23-25(21(18)27)16-10-7-15(22)8-11-16/h6-13H,4-5H2,1-3H3,(H,23,26)/b18-12-. The number of halogens is 1. The molecule has 0 spiro atoms. The zero-order valence-electron chi connectivity index (χ0n) is 16.0. The zero-order valence-corrected chi connectivity index (χ0v) is 18.2. The van der Waals surface area contributed by atoms with E-state index in [9.17, 15) is 9.59 Å². The van der Waals surface area contributed by atoms with Gasteiger partial charge in [0.2, 0.25) is 0 Å². The maximum atomic E-state index is 12.8. The largest absolute Gasteiger partial charge is 0.496 e. The zero-order chi connectivity index (χ0) is 20.3. The van der Waals surface area contributed by atoms with Crippen LogP contribution in [0.4, 0.5) is 11.4 Å². The number of methoxy groups -OCH3 is 1. The number of hydrogen-bond donors (Lipinski definition) is 1. The molecule has 6 nitrogen and oxygen atoms in total. The Labute approximate surface area is 178 Å². The minimum Gasteiger partial charge on any atom is -0.496 e. The summed E-state index contributed by atoms with van der Waals surface area (Å²) >= 11 is 2.19. The number of nitrogens with one attached hydrogen (secondary N) is 1. The molecule has 2 aromatic carbocycles. The second-order valence-electron chi connectivity index (χ2n) is 6.21. The highest BCUT2D eigenvalue weighted by molar-refractivity contribution is 14.1. The van der Waals surface area contributed by atoms with Gasteiger partial charge in [0, 0.05) is 34.0 Å². The first-order valence-electron chi connectivity index (χ1n) is 9.04. The van der Waals surface area contributed by atoms with Crippen molar-refractivity contribution in [2.75, 3.05) is 30.1 Å². The fraction of sp³-hybridized carbons (Fsp3) is 0.238. The van der Waals surface area contributed by atoms with Crippen LogP contribution < -0.4 is 20.1 Å². The Morgan fingerprint density at radius 1 is 1.11 bits per heavy atom. The van der Waals surface area contributed by atoms with E-state index in [1.54, 1.807) is 25.3 Å². The number of ether oxygens (including phenoxy) is 1. The van der Waals surface area contributed by atoms with Crippen molar-refractivity contribution in [1.29, 1.82) is 0 Å². The normalized spacial score (nSPS) is 15.1. The van der Waals surface area contributed by atoms with Crippen molar-refractivity contribution in [3.63, 3.8) is 0 Å². The second-order valence-corrected chi connectivity index (χ2v) is 7.46. The number of carbonyl (C=O) groups is 2. The van der Waals surface area contributed by atoms with Crippen molar-refractivity contribution in [3.8, 4) is 5.75 Å². The molecule has 1 fully saturated rings. The summed E-state index contributed by atoms with van der Waals surface area (Å²) in [7, 11) is 1.58. The number of anilines is 2. The minimum atomic E-state index is -0.432. The van der Waals surface area contributed by atoms with E-state index in [1.807, 2.05) is 30.3 Å². The molecule has 0 aromatic heterocycles. The fourth-order valence-corrected chi connectivity index (χ4v) is 3.45. The first kappa shape index (κ1) is 20.2. The highest BCUT2D eigenvalue weighted by Crippen LogP contribution is 2.29. The summed E-state index contributed by atoms with van der Waals surface area (Å²) in [6.07, 6.45) is 1.58. The van der Waals surface area contributed by atoms with Gasteiger partial charge in [-0.3, -0.25) is 15.0 Å². The van der Waals surface area contributed by atoms with Crippen LogP contribution in [0.3, 0.4) is 0 Å². The van der Waals surface area contributed by atoms with Crippen LogP contribution in [0, 0.1) is 3.57 Å². The molecule has 0 radical (unpaired) electrons. The Hall–Kier alpha value is -2.55. The third-order valence-corrected chi connectivity index (χ3v) is 5.34. The number of rotatable bonds is 6. The maximum Gasteiger partial charge on any atom is 0.282 e. The van der Waals surface area contributed by atoms with Crippen LogP contribution in [0.15, 0.2) is 48.0 Å². The van der Waals surface area contributed by atoms with Crippen molar-refractivity contribution >= 4 is 51.9 Å². The van der Waals surface area contributed by atoms with E-state index in [1.165, 1.54) is 5.01 Å².